The molecule has 0 N–H and O–H groups in total. The number of benzene rings is 2. The van der Waals surface area contributed by atoms with E-state index in [-0.39, 0.29) is 35.5 Å². The van der Waals surface area contributed by atoms with Crippen LogP contribution < -0.4 is 4.90 Å². The van der Waals surface area contributed by atoms with Crippen LogP contribution in [0.25, 0.3) is 6.08 Å². The van der Waals surface area contributed by atoms with Gasteiger partial charge in [0.15, 0.2) is 0 Å². The Hall–Kier alpha value is -2.94. The number of anilines is 1. The lowest BCUT2D eigenvalue weighted by atomic mass is 9.72. The molecular weight excluding hydrogens is 382 g/mol. The zero-order valence-electron chi connectivity index (χ0n) is 17.6. The van der Waals surface area contributed by atoms with Crippen molar-refractivity contribution in [3.05, 3.63) is 82.4 Å². The summed E-state index contributed by atoms with van der Waals surface area (Å²) in [5.41, 5.74) is 7.60. The van der Waals surface area contributed by atoms with Gasteiger partial charge in [0.25, 0.3) is 0 Å². The second-order valence-electron chi connectivity index (χ2n) is 10.0. The van der Waals surface area contributed by atoms with Crippen LogP contribution in [0, 0.1) is 42.4 Å². The predicted octanol–water partition coefficient (Wildman–Crippen LogP) is 5.17. The van der Waals surface area contributed by atoms with Crippen LogP contribution >= 0.6 is 0 Å². The number of amides is 2. The number of hydrogen-bond acceptors (Lipinski definition) is 2. The molecule has 3 nitrogen and oxygen atoms in total. The number of fused-ring (bicyclic) bond motifs is 11. The molecule has 7 rings (SSSR count). The fraction of sp³-hybridized carbons (Fsp3) is 0.357. The van der Waals surface area contributed by atoms with Gasteiger partial charge >= 0.3 is 0 Å². The molecule has 1 saturated heterocycles. The number of imide groups is 1. The molecule has 1 aliphatic heterocycles. The quantitative estimate of drug-likeness (QED) is 0.391. The van der Waals surface area contributed by atoms with E-state index in [0.29, 0.717) is 11.8 Å². The normalized spacial score (nSPS) is 34.7. The van der Waals surface area contributed by atoms with E-state index in [1.54, 1.807) is 11.1 Å². The molecule has 1 heterocycles. The van der Waals surface area contributed by atoms with Crippen molar-refractivity contribution in [2.45, 2.75) is 26.2 Å². The third-order valence-electron chi connectivity index (χ3n) is 8.58. The standard InChI is InChI=1S/C28H25NO2/c1-15-7-9-16(10-8-15)13-20-23-21-17-11-12-18(14-17)22(21)24(20)26-25(23)27(30)29(28(26)31)19-5-3-2-4-6-19/h2-10,13,17-18,23-26H,11-12,14H2,1H3. The second kappa shape index (κ2) is 6.06. The Kier molecular flexibility index (Phi) is 3.46. The van der Waals surface area contributed by atoms with Crippen LogP contribution in [0.5, 0.6) is 0 Å². The highest BCUT2D eigenvalue weighted by molar-refractivity contribution is 6.23. The number of rotatable bonds is 2. The Labute approximate surface area is 182 Å². The molecule has 4 bridgehead atoms. The molecule has 0 spiro atoms. The molecule has 0 aromatic heterocycles. The lowest BCUT2D eigenvalue weighted by molar-refractivity contribution is -0.123. The van der Waals surface area contributed by atoms with Gasteiger partial charge in [-0.15, -0.1) is 0 Å². The van der Waals surface area contributed by atoms with Crippen LogP contribution in [0.2, 0.25) is 0 Å². The van der Waals surface area contributed by atoms with Gasteiger partial charge in [-0.25, -0.2) is 4.90 Å². The summed E-state index contributed by atoms with van der Waals surface area (Å²) in [4.78, 5) is 28.8. The van der Waals surface area contributed by atoms with Crippen LogP contribution in [0.3, 0.4) is 0 Å². The number of para-hydroxylation sites is 1. The Bertz CT molecular complexity index is 1140. The summed E-state index contributed by atoms with van der Waals surface area (Å²) in [6.07, 6.45) is 6.07. The summed E-state index contributed by atoms with van der Waals surface area (Å²) in [5.74, 6) is 1.12. The molecule has 0 radical (unpaired) electrons. The fourth-order valence-corrected chi connectivity index (χ4v) is 7.52. The van der Waals surface area contributed by atoms with Gasteiger partial charge in [0.1, 0.15) is 0 Å². The maximum absolute atomic E-state index is 13.7. The largest absolute Gasteiger partial charge is 0.274 e. The van der Waals surface area contributed by atoms with Crippen molar-refractivity contribution in [3.63, 3.8) is 0 Å². The molecular formula is C28H25NO2. The summed E-state index contributed by atoms with van der Waals surface area (Å²) in [6.45, 7) is 2.10. The minimum absolute atomic E-state index is 0.0119. The Morgan fingerprint density at radius 3 is 1.97 bits per heavy atom. The molecule has 6 atom stereocenters. The van der Waals surface area contributed by atoms with Crippen molar-refractivity contribution in [3.8, 4) is 0 Å². The number of aryl methyl sites for hydroxylation is 1. The molecule has 31 heavy (non-hydrogen) atoms. The summed E-state index contributed by atoms with van der Waals surface area (Å²) in [7, 11) is 0. The summed E-state index contributed by atoms with van der Waals surface area (Å²) in [6, 6.07) is 18.1. The first-order valence-electron chi connectivity index (χ1n) is 11.6. The number of nitrogens with zero attached hydrogens (tertiary/aromatic N) is 1. The zero-order valence-corrected chi connectivity index (χ0v) is 17.6. The number of carbonyl (C=O) groups is 2. The fourth-order valence-electron chi connectivity index (χ4n) is 7.52. The lowest BCUT2D eigenvalue weighted by Gasteiger charge is -2.28. The van der Waals surface area contributed by atoms with Crippen LogP contribution in [0.4, 0.5) is 5.69 Å². The Balaban J connectivity index is 1.36. The van der Waals surface area contributed by atoms with Gasteiger partial charge in [0.2, 0.25) is 11.8 Å². The van der Waals surface area contributed by atoms with E-state index < -0.39 is 0 Å². The maximum atomic E-state index is 13.7. The van der Waals surface area contributed by atoms with Crippen molar-refractivity contribution in [1.82, 2.24) is 0 Å². The zero-order chi connectivity index (χ0) is 20.9. The Morgan fingerprint density at radius 1 is 0.806 bits per heavy atom. The first-order chi connectivity index (χ1) is 15.1. The first kappa shape index (κ1) is 17.7. The van der Waals surface area contributed by atoms with E-state index in [0.717, 1.165) is 5.69 Å². The van der Waals surface area contributed by atoms with Gasteiger partial charge in [-0.05, 0) is 55.7 Å². The van der Waals surface area contributed by atoms with Gasteiger partial charge in [0, 0.05) is 11.8 Å². The first-order valence-corrected chi connectivity index (χ1v) is 11.6. The van der Waals surface area contributed by atoms with Crippen LogP contribution in [0.1, 0.15) is 30.4 Å². The minimum Gasteiger partial charge on any atom is -0.274 e. The van der Waals surface area contributed by atoms with Crippen LogP contribution in [-0.4, -0.2) is 11.8 Å². The SMILES string of the molecule is Cc1ccc(C=C2C3C4=C(C5CCC4C5)C2C2C(=O)N(c4ccccc4)C(=O)C32)cc1. The molecule has 2 amide bonds. The highest BCUT2D eigenvalue weighted by Crippen LogP contribution is 2.70. The molecule has 6 unspecified atom stereocenters. The van der Waals surface area contributed by atoms with E-state index in [1.807, 2.05) is 30.3 Å². The van der Waals surface area contributed by atoms with Crippen molar-refractivity contribution in [1.29, 1.82) is 0 Å². The molecule has 2 aromatic carbocycles. The summed E-state index contributed by atoms with van der Waals surface area (Å²) >= 11 is 0. The molecule has 5 aliphatic rings. The molecule has 3 fully saturated rings. The average Bonchev–Trinajstić information content (AvgIpc) is 3.57. The van der Waals surface area contributed by atoms with E-state index in [1.165, 1.54) is 40.9 Å². The van der Waals surface area contributed by atoms with Crippen molar-refractivity contribution >= 4 is 23.6 Å². The number of hydrogen-bond donors (Lipinski definition) is 0. The maximum Gasteiger partial charge on any atom is 0.238 e. The smallest absolute Gasteiger partial charge is 0.238 e. The highest BCUT2D eigenvalue weighted by atomic mass is 16.2. The van der Waals surface area contributed by atoms with Crippen LogP contribution in [0.15, 0.2) is 71.3 Å². The molecule has 2 aromatic rings. The van der Waals surface area contributed by atoms with E-state index in [2.05, 4.69) is 37.3 Å². The van der Waals surface area contributed by atoms with Crippen molar-refractivity contribution in [2.75, 3.05) is 4.90 Å². The minimum atomic E-state index is -0.215. The van der Waals surface area contributed by atoms with Gasteiger partial charge < -0.3 is 0 Å². The molecule has 4 aliphatic carbocycles. The average molecular weight is 408 g/mol. The van der Waals surface area contributed by atoms with Crippen molar-refractivity contribution < 1.29 is 9.59 Å². The van der Waals surface area contributed by atoms with Gasteiger partial charge in [-0.3, -0.25) is 9.59 Å². The second-order valence-corrected chi connectivity index (χ2v) is 10.0. The number of carbonyl (C=O) groups excluding carboxylic acids is 2. The molecule has 154 valence electrons. The molecule has 3 heteroatoms. The van der Waals surface area contributed by atoms with Crippen molar-refractivity contribution in [2.24, 2.45) is 35.5 Å². The third kappa shape index (κ3) is 2.19. The monoisotopic (exact) mass is 407 g/mol. The Morgan fingerprint density at radius 2 is 1.39 bits per heavy atom. The van der Waals surface area contributed by atoms with E-state index in [9.17, 15) is 9.59 Å². The number of allylic oxidation sites excluding steroid dienone is 3. The predicted molar refractivity (Wildman–Crippen MR) is 120 cm³/mol. The third-order valence-corrected chi connectivity index (χ3v) is 8.58. The van der Waals surface area contributed by atoms with Crippen LogP contribution in [-0.2, 0) is 9.59 Å². The summed E-state index contributed by atoms with van der Waals surface area (Å²) in [5, 5.41) is 0. The molecule has 2 saturated carbocycles. The van der Waals surface area contributed by atoms with Gasteiger partial charge in [-0.2, -0.15) is 0 Å². The topological polar surface area (TPSA) is 37.4 Å². The van der Waals surface area contributed by atoms with Gasteiger partial charge in [0.05, 0.1) is 17.5 Å². The lowest BCUT2D eigenvalue weighted by Crippen LogP contribution is -2.33. The van der Waals surface area contributed by atoms with Gasteiger partial charge in [-0.1, -0.05) is 70.8 Å². The van der Waals surface area contributed by atoms with E-state index in [4.69, 9.17) is 0 Å². The van der Waals surface area contributed by atoms with E-state index >= 15 is 0 Å². The summed E-state index contributed by atoms with van der Waals surface area (Å²) < 4.78 is 0. The highest BCUT2D eigenvalue weighted by Gasteiger charge is 2.69.